The first-order valence-corrected chi connectivity index (χ1v) is 13.1. The molecule has 188 valence electrons. The molecule has 1 aliphatic heterocycles. The van der Waals surface area contributed by atoms with E-state index >= 15 is 0 Å². The van der Waals surface area contributed by atoms with Crippen LogP contribution in [0.5, 0.6) is 5.75 Å². The molecular weight excluding hydrogens is 529 g/mol. The van der Waals surface area contributed by atoms with Crippen LogP contribution in [0.25, 0.3) is 0 Å². The number of hydrogen-bond donors (Lipinski definition) is 1. The summed E-state index contributed by atoms with van der Waals surface area (Å²) in [6.07, 6.45) is 0.300. The maximum absolute atomic E-state index is 13.7. The van der Waals surface area contributed by atoms with Gasteiger partial charge in [-0.2, -0.15) is 5.26 Å². The Bertz CT molecular complexity index is 1420. The van der Waals surface area contributed by atoms with Crippen LogP contribution >= 0.6 is 35.0 Å². The Balaban J connectivity index is 1.73. The van der Waals surface area contributed by atoms with E-state index in [0.717, 1.165) is 11.1 Å². The van der Waals surface area contributed by atoms with Gasteiger partial charge < -0.3 is 10.1 Å². The molecule has 1 saturated heterocycles. The van der Waals surface area contributed by atoms with Gasteiger partial charge in [0.15, 0.2) is 0 Å². The van der Waals surface area contributed by atoms with Crippen molar-refractivity contribution < 1.29 is 14.3 Å². The molecule has 2 amide bonds. The number of anilines is 2. The highest BCUT2D eigenvalue weighted by molar-refractivity contribution is 8.05. The number of thioether (sulfide) groups is 1. The molecule has 3 aromatic rings. The molecule has 3 aromatic carbocycles. The lowest BCUT2D eigenvalue weighted by Crippen LogP contribution is -2.31. The summed E-state index contributed by atoms with van der Waals surface area (Å²) in [4.78, 5) is 28.3. The zero-order valence-corrected chi connectivity index (χ0v) is 22.5. The highest BCUT2D eigenvalue weighted by atomic mass is 35.5. The normalized spacial score (nSPS) is 16.4. The average Bonchev–Trinajstić information content (AvgIpc) is 3.17. The number of nitrogens with zero attached hydrogens (tertiary/aromatic N) is 2. The van der Waals surface area contributed by atoms with Crippen molar-refractivity contribution in [2.75, 3.05) is 16.8 Å². The van der Waals surface area contributed by atoms with Crippen molar-refractivity contribution in [2.24, 2.45) is 0 Å². The fraction of sp³-hybridized carbons (Fsp3) is 0.179. The molecule has 1 fully saturated rings. The van der Waals surface area contributed by atoms with Gasteiger partial charge in [0.05, 0.1) is 11.9 Å². The molecule has 0 spiro atoms. The van der Waals surface area contributed by atoms with E-state index in [0.29, 0.717) is 40.2 Å². The van der Waals surface area contributed by atoms with E-state index in [1.165, 1.54) is 16.7 Å². The molecule has 0 aromatic heterocycles. The molecule has 0 radical (unpaired) electrons. The van der Waals surface area contributed by atoms with Gasteiger partial charge in [0.2, 0.25) is 5.91 Å². The quantitative estimate of drug-likeness (QED) is 0.259. The second-order valence-electron chi connectivity index (χ2n) is 8.26. The second-order valence-corrected chi connectivity index (χ2v) is 10.3. The molecular formula is C28H23Cl2N3O3S. The minimum absolute atomic E-state index is 0.154. The van der Waals surface area contributed by atoms with Crippen LogP contribution in [0.1, 0.15) is 18.1 Å². The number of ether oxygens (including phenoxy) is 1. The fourth-order valence-corrected chi connectivity index (χ4v) is 5.66. The predicted octanol–water partition coefficient (Wildman–Crippen LogP) is 6.77. The van der Waals surface area contributed by atoms with Gasteiger partial charge in [0.25, 0.3) is 5.91 Å². The maximum Gasteiger partial charge on any atom is 0.269 e. The van der Waals surface area contributed by atoms with Crippen molar-refractivity contribution in [3.8, 4) is 11.8 Å². The van der Waals surface area contributed by atoms with Crippen molar-refractivity contribution >= 4 is 58.2 Å². The van der Waals surface area contributed by atoms with Gasteiger partial charge in [-0.1, -0.05) is 53.2 Å². The molecule has 1 atom stereocenters. The van der Waals surface area contributed by atoms with Crippen LogP contribution in [0, 0.1) is 18.3 Å². The summed E-state index contributed by atoms with van der Waals surface area (Å²) in [7, 11) is 0. The lowest BCUT2D eigenvalue weighted by molar-refractivity contribution is -0.117. The summed E-state index contributed by atoms with van der Waals surface area (Å²) in [5.41, 5.74) is 2.64. The number of carbonyl (C=O) groups is 2. The predicted molar refractivity (Wildman–Crippen MR) is 149 cm³/mol. The molecule has 4 rings (SSSR count). The van der Waals surface area contributed by atoms with Crippen LogP contribution in [0.2, 0.25) is 10.0 Å². The Kier molecular flexibility index (Phi) is 8.45. The van der Waals surface area contributed by atoms with Crippen molar-refractivity contribution in [3.63, 3.8) is 0 Å². The summed E-state index contributed by atoms with van der Waals surface area (Å²) < 4.78 is 5.52. The van der Waals surface area contributed by atoms with Crippen LogP contribution in [-0.4, -0.2) is 23.7 Å². The lowest BCUT2D eigenvalue weighted by atomic mass is 10.1. The van der Waals surface area contributed by atoms with Gasteiger partial charge in [-0.05, 0) is 79.9 Å². The average molecular weight is 552 g/mol. The first-order chi connectivity index (χ1) is 17.8. The molecule has 0 aliphatic carbocycles. The number of amides is 2. The van der Waals surface area contributed by atoms with E-state index in [1.807, 2.05) is 32.0 Å². The van der Waals surface area contributed by atoms with Gasteiger partial charge in [0, 0.05) is 21.4 Å². The number of benzene rings is 3. The van der Waals surface area contributed by atoms with Crippen molar-refractivity contribution in [1.29, 1.82) is 5.26 Å². The van der Waals surface area contributed by atoms with E-state index < -0.39 is 11.2 Å². The Morgan fingerprint density at radius 2 is 1.89 bits per heavy atom. The number of nitriles is 1. The van der Waals surface area contributed by atoms with Crippen LogP contribution in [0.4, 0.5) is 11.4 Å². The zero-order chi connectivity index (χ0) is 26.5. The van der Waals surface area contributed by atoms with Gasteiger partial charge in [0.1, 0.15) is 22.4 Å². The van der Waals surface area contributed by atoms with Crippen LogP contribution in [0.15, 0.2) is 77.3 Å². The number of aryl methyl sites for hydroxylation is 1. The number of carbonyl (C=O) groups excluding carboxylic acids is 2. The molecule has 0 saturated carbocycles. The van der Waals surface area contributed by atoms with Crippen LogP contribution in [0.3, 0.4) is 0 Å². The van der Waals surface area contributed by atoms with E-state index in [-0.39, 0.29) is 16.5 Å². The van der Waals surface area contributed by atoms with Crippen LogP contribution in [-0.2, 0) is 16.0 Å². The third-order valence-electron chi connectivity index (χ3n) is 5.61. The van der Waals surface area contributed by atoms with Crippen molar-refractivity contribution in [3.05, 3.63) is 98.5 Å². The summed E-state index contributed by atoms with van der Waals surface area (Å²) in [5.74, 6) is -0.200. The zero-order valence-electron chi connectivity index (χ0n) is 20.1. The van der Waals surface area contributed by atoms with Crippen LogP contribution < -0.4 is 15.0 Å². The largest absolute Gasteiger partial charge is 0.494 e. The van der Waals surface area contributed by atoms with E-state index in [2.05, 4.69) is 5.32 Å². The molecule has 1 aliphatic rings. The highest BCUT2D eigenvalue weighted by Crippen LogP contribution is 2.43. The molecule has 1 heterocycles. The number of hydrogen-bond acceptors (Lipinski definition) is 5. The summed E-state index contributed by atoms with van der Waals surface area (Å²) in [6, 6.07) is 21.4. The standard InChI is InChI=1S/C28H23Cl2N3O3S/c1-3-36-22-11-9-21(10-12-22)33-27(35)25(14-18-7-8-19(29)15-24(18)30)37-28(33)23(16-31)26(34)32-20-6-4-5-17(2)13-20/h4-13,15,25H,3,14H2,1-2H3,(H,32,34)/b28-23-. The van der Waals surface area contributed by atoms with Gasteiger partial charge >= 0.3 is 0 Å². The van der Waals surface area contributed by atoms with Crippen molar-refractivity contribution in [1.82, 2.24) is 0 Å². The summed E-state index contributed by atoms with van der Waals surface area (Å²) in [5, 5.41) is 13.4. The molecule has 0 bridgehead atoms. The minimum atomic E-state index is -0.602. The SMILES string of the molecule is CCOc1ccc(N2C(=O)C(Cc3ccc(Cl)cc3Cl)S/C2=C(/C#N)C(=O)Nc2cccc(C)c2)cc1. The number of halogens is 2. The summed E-state index contributed by atoms with van der Waals surface area (Å²) in [6.45, 7) is 4.30. The highest BCUT2D eigenvalue weighted by Gasteiger charge is 2.41. The van der Waals surface area contributed by atoms with Gasteiger partial charge in [-0.15, -0.1) is 0 Å². The second kappa shape index (κ2) is 11.7. The first-order valence-electron chi connectivity index (χ1n) is 11.5. The first kappa shape index (κ1) is 26.6. The smallest absolute Gasteiger partial charge is 0.269 e. The van der Waals surface area contributed by atoms with Gasteiger partial charge in [-0.25, -0.2) is 0 Å². The molecule has 37 heavy (non-hydrogen) atoms. The Morgan fingerprint density at radius 3 is 2.54 bits per heavy atom. The molecule has 1 N–H and O–H groups in total. The fourth-order valence-electron chi connectivity index (χ4n) is 3.88. The number of rotatable bonds is 7. The molecule has 9 heteroatoms. The minimum Gasteiger partial charge on any atom is -0.494 e. The Morgan fingerprint density at radius 1 is 1.14 bits per heavy atom. The van der Waals surface area contributed by atoms with E-state index in [4.69, 9.17) is 27.9 Å². The molecule has 1 unspecified atom stereocenters. The Hall–Kier alpha value is -3.44. The third kappa shape index (κ3) is 6.11. The monoisotopic (exact) mass is 551 g/mol. The number of nitrogens with one attached hydrogen (secondary N) is 1. The topological polar surface area (TPSA) is 82.4 Å². The Labute approximate surface area is 229 Å². The molecule has 6 nitrogen and oxygen atoms in total. The lowest BCUT2D eigenvalue weighted by Gasteiger charge is -2.19. The van der Waals surface area contributed by atoms with E-state index in [1.54, 1.807) is 54.6 Å². The summed E-state index contributed by atoms with van der Waals surface area (Å²) >= 11 is 13.6. The van der Waals surface area contributed by atoms with Crippen molar-refractivity contribution in [2.45, 2.75) is 25.5 Å². The van der Waals surface area contributed by atoms with Gasteiger partial charge in [-0.3, -0.25) is 14.5 Å². The van der Waals surface area contributed by atoms with E-state index in [9.17, 15) is 14.9 Å². The maximum atomic E-state index is 13.7. The third-order valence-corrected chi connectivity index (χ3v) is 7.46.